The highest BCUT2D eigenvalue weighted by Gasteiger charge is 2.27. The van der Waals surface area contributed by atoms with E-state index in [1.54, 1.807) is 0 Å². The maximum absolute atomic E-state index is 12.6. The Kier molecular flexibility index (Phi) is 6.13. The van der Waals surface area contributed by atoms with Gasteiger partial charge in [-0.05, 0) is 55.3 Å². The zero-order valence-electron chi connectivity index (χ0n) is 14.3. The first-order chi connectivity index (χ1) is 12.9. The molecule has 1 amide bonds. The van der Waals surface area contributed by atoms with Gasteiger partial charge in [-0.15, -0.1) is 0 Å². The third kappa shape index (κ3) is 4.85. The van der Waals surface area contributed by atoms with E-state index >= 15 is 0 Å². The number of alkyl halides is 2. The molecule has 3 rings (SSSR count). The third-order valence-electron chi connectivity index (χ3n) is 4.14. The lowest BCUT2D eigenvalue weighted by atomic mass is 10.2. The summed E-state index contributed by atoms with van der Waals surface area (Å²) in [5.74, 6) is -2.98. The number of halogens is 2. The number of anilines is 1. The summed E-state index contributed by atoms with van der Waals surface area (Å²) in [6.45, 7) is 0.976. The number of thioether (sulfide) groups is 1. The number of carbonyl (C=O) groups excluding carboxylic acids is 1. The van der Waals surface area contributed by atoms with Crippen LogP contribution >= 0.6 is 11.8 Å². The molecule has 5 nitrogen and oxygen atoms in total. The maximum atomic E-state index is 12.6. The van der Waals surface area contributed by atoms with E-state index in [1.165, 1.54) is 52.8 Å². The van der Waals surface area contributed by atoms with Crippen molar-refractivity contribution >= 4 is 33.4 Å². The van der Waals surface area contributed by atoms with Gasteiger partial charge in [0, 0.05) is 29.2 Å². The Morgan fingerprint density at radius 3 is 2.37 bits per heavy atom. The number of rotatable bonds is 6. The van der Waals surface area contributed by atoms with Crippen molar-refractivity contribution in [1.29, 1.82) is 0 Å². The number of amides is 1. The van der Waals surface area contributed by atoms with E-state index < -0.39 is 21.7 Å². The van der Waals surface area contributed by atoms with Gasteiger partial charge in [0.1, 0.15) is 0 Å². The van der Waals surface area contributed by atoms with E-state index in [0.717, 1.165) is 12.8 Å². The third-order valence-corrected chi connectivity index (χ3v) is 6.75. The van der Waals surface area contributed by atoms with E-state index in [-0.39, 0.29) is 10.5 Å². The van der Waals surface area contributed by atoms with Crippen LogP contribution in [0.5, 0.6) is 0 Å². The first-order valence-corrected chi connectivity index (χ1v) is 10.6. The molecule has 0 saturated carbocycles. The predicted molar refractivity (Wildman–Crippen MR) is 101 cm³/mol. The number of nitrogens with zero attached hydrogens (tertiary/aromatic N) is 1. The summed E-state index contributed by atoms with van der Waals surface area (Å²) in [4.78, 5) is 12.9. The monoisotopic (exact) mass is 412 g/mol. The van der Waals surface area contributed by atoms with Gasteiger partial charge >= 0.3 is 0 Å². The van der Waals surface area contributed by atoms with Gasteiger partial charge in [-0.1, -0.05) is 17.8 Å². The Morgan fingerprint density at radius 2 is 1.74 bits per heavy atom. The van der Waals surface area contributed by atoms with Gasteiger partial charge in [-0.3, -0.25) is 4.79 Å². The van der Waals surface area contributed by atoms with Crippen molar-refractivity contribution in [3.8, 4) is 0 Å². The second kappa shape index (κ2) is 8.37. The molecule has 1 saturated heterocycles. The second-order valence-electron chi connectivity index (χ2n) is 6.00. The minimum absolute atomic E-state index is 0.0840. The van der Waals surface area contributed by atoms with Gasteiger partial charge in [0.25, 0.3) is 11.7 Å². The van der Waals surface area contributed by atoms with E-state index in [1.807, 2.05) is 0 Å². The molecule has 2 aromatic rings. The summed E-state index contributed by atoms with van der Waals surface area (Å²) in [6.07, 6.45) is 1.67. The van der Waals surface area contributed by atoms with Crippen LogP contribution in [0.15, 0.2) is 58.3 Å². The molecule has 1 fully saturated rings. The quantitative estimate of drug-likeness (QED) is 0.728. The molecule has 0 aromatic heterocycles. The Morgan fingerprint density at radius 1 is 1.07 bits per heavy atom. The Bertz CT molecular complexity index is 912. The minimum Gasteiger partial charge on any atom is -0.322 e. The van der Waals surface area contributed by atoms with Crippen molar-refractivity contribution in [2.24, 2.45) is 0 Å². The van der Waals surface area contributed by atoms with E-state index in [2.05, 4.69) is 5.32 Å². The molecule has 1 N–H and O–H groups in total. The lowest BCUT2D eigenvalue weighted by molar-refractivity contribution is 0.102. The first-order valence-electron chi connectivity index (χ1n) is 8.33. The molecule has 0 spiro atoms. The van der Waals surface area contributed by atoms with Crippen LogP contribution in [0.1, 0.15) is 23.2 Å². The molecule has 27 heavy (non-hydrogen) atoms. The predicted octanol–water partition coefficient (Wildman–Crippen LogP) is 4.04. The topological polar surface area (TPSA) is 66.5 Å². The zero-order chi connectivity index (χ0) is 19.4. The SMILES string of the molecule is O=C(Nc1ccc(SC(F)F)cc1)c1cccc(S(=O)(=O)N2CCCC2)c1. The number of sulfonamides is 1. The van der Waals surface area contributed by atoms with Gasteiger partial charge in [0.2, 0.25) is 10.0 Å². The molecule has 1 heterocycles. The molecule has 144 valence electrons. The Hall–Kier alpha value is -1.97. The molecule has 0 atom stereocenters. The Balaban J connectivity index is 1.74. The summed E-state index contributed by atoms with van der Waals surface area (Å²) in [5, 5.41) is 2.64. The summed E-state index contributed by atoms with van der Waals surface area (Å²) >= 11 is 0.422. The smallest absolute Gasteiger partial charge is 0.288 e. The number of hydrogen-bond donors (Lipinski definition) is 1. The molecular weight excluding hydrogens is 394 g/mol. The fourth-order valence-electron chi connectivity index (χ4n) is 2.80. The molecule has 1 aliphatic heterocycles. The standard InChI is InChI=1S/C18H18F2N2O3S2/c19-18(20)26-15-8-6-14(7-9-15)21-17(23)13-4-3-5-16(12-13)27(24,25)22-10-1-2-11-22/h3-9,12,18H,1-2,10-11H2,(H,21,23). The van der Waals surface area contributed by atoms with Crippen LogP contribution < -0.4 is 5.32 Å². The van der Waals surface area contributed by atoms with Crippen molar-refractivity contribution < 1.29 is 22.0 Å². The summed E-state index contributed by atoms with van der Waals surface area (Å²) < 4.78 is 51.3. The zero-order valence-corrected chi connectivity index (χ0v) is 15.9. The van der Waals surface area contributed by atoms with Crippen LogP contribution in [0.2, 0.25) is 0 Å². The molecular formula is C18H18F2N2O3S2. The normalized spacial score (nSPS) is 15.2. The van der Waals surface area contributed by atoms with E-state index in [9.17, 15) is 22.0 Å². The highest BCUT2D eigenvalue weighted by molar-refractivity contribution is 7.99. The van der Waals surface area contributed by atoms with Gasteiger partial charge in [-0.25, -0.2) is 8.42 Å². The largest absolute Gasteiger partial charge is 0.322 e. The van der Waals surface area contributed by atoms with Gasteiger partial charge < -0.3 is 5.32 Å². The lowest BCUT2D eigenvalue weighted by Crippen LogP contribution is -2.28. The molecule has 9 heteroatoms. The van der Waals surface area contributed by atoms with Crippen LogP contribution in [0.25, 0.3) is 0 Å². The van der Waals surface area contributed by atoms with Crippen LogP contribution in [0.4, 0.5) is 14.5 Å². The van der Waals surface area contributed by atoms with Crippen molar-refractivity contribution in [2.45, 2.75) is 28.4 Å². The van der Waals surface area contributed by atoms with Crippen LogP contribution in [0.3, 0.4) is 0 Å². The highest BCUT2D eigenvalue weighted by Crippen LogP contribution is 2.26. The van der Waals surface area contributed by atoms with Crippen LogP contribution in [-0.2, 0) is 10.0 Å². The van der Waals surface area contributed by atoms with Crippen molar-refractivity contribution in [2.75, 3.05) is 18.4 Å². The molecule has 0 radical (unpaired) electrons. The maximum Gasteiger partial charge on any atom is 0.288 e. The fourth-order valence-corrected chi connectivity index (χ4v) is 4.86. The fraction of sp³-hybridized carbons (Fsp3) is 0.278. The first kappa shape index (κ1) is 19.8. The van der Waals surface area contributed by atoms with E-state index in [0.29, 0.717) is 35.4 Å². The molecule has 1 aliphatic rings. The summed E-state index contributed by atoms with van der Waals surface area (Å²) in [7, 11) is -3.61. The molecule has 0 bridgehead atoms. The molecule has 2 aromatic carbocycles. The summed E-state index contributed by atoms with van der Waals surface area (Å²) in [6, 6.07) is 11.9. The molecule has 0 aliphatic carbocycles. The highest BCUT2D eigenvalue weighted by atomic mass is 32.2. The van der Waals surface area contributed by atoms with Gasteiger partial charge in [0.15, 0.2) is 0 Å². The number of nitrogens with one attached hydrogen (secondary N) is 1. The van der Waals surface area contributed by atoms with Crippen molar-refractivity contribution in [3.63, 3.8) is 0 Å². The number of hydrogen-bond acceptors (Lipinski definition) is 4. The Labute approximate surface area is 160 Å². The second-order valence-corrected chi connectivity index (χ2v) is 9.00. The van der Waals surface area contributed by atoms with Crippen molar-refractivity contribution in [1.82, 2.24) is 4.31 Å². The van der Waals surface area contributed by atoms with Crippen LogP contribution in [-0.4, -0.2) is 37.5 Å². The van der Waals surface area contributed by atoms with Gasteiger partial charge in [-0.2, -0.15) is 13.1 Å². The minimum atomic E-state index is -3.61. The van der Waals surface area contributed by atoms with Crippen molar-refractivity contribution in [3.05, 3.63) is 54.1 Å². The molecule has 0 unspecified atom stereocenters. The average Bonchev–Trinajstić information content (AvgIpc) is 3.18. The average molecular weight is 412 g/mol. The number of benzene rings is 2. The van der Waals surface area contributed by atoms with E-state index in [4.69, 9.17) is 0 Å². The number of carbonyl (C=O) groups is 1. The summed E-state index contributed by atoms with van der Waals surface area (Å²) in [5.41, 5.74) is 0.646. The lowest BCUT2D eigenvalue weighted by Gasteiger charge is -2.16. The van der Waals surface area contributed by atoms with Crippen LogP contribution in [0, 0.1) is 0 Å². The van der Waals surface area contributed by atoms with Gasteiger partial charge in [0.05, 0.1) is 4.90 Å².